The second-order valence-electron chi connectivity index (χ2n) is 6.47. The van der Waals surface area contributed by atoms with Crippen molar-refractivity contribution in [3.8, 4) is 11.5 Å². The van der Waals surface area contributed by atoms with Crippen molar-refractivity contribution >= 4 is 17.7 Å². The maximum absolute atomic E-state index is 12.2. The second kappa shape index (κ2) is 7.83. The van der Waals surface area contributed by atoms with E-state index in [1.54, 1.807) is 0 Å². The van der Waals surface area contributed by atoms with E-state index >= 15 is 0 Å². The Hall–Kier alpha value is -1.82. The van der Waals surface area contributed by atoms with Gasteiger partial charge in [-0.2, -0.15) is 0 Å². The maximum Gasteiger partial charge on any atom is 0.277 e. The number of carbonyl (C=O) groups excluding carboxylic acids is 1. The van der Waals surface area contributed by atoms with E-state index in [0.29, 0.717) is 28.7 Å². The van der Waals surface area contributed by atoms with Gasteiger partial charge in [-0.1, -0.05) is 56.7 Å². The number of hydrogen-bond acceptors (Lipinski definition) is 5. The van der Waals surface area contributed by atoms with E-state index in [1.807, 2.05) is 30.3 Å². The van der Waals surface area contributed by atoms with E-state index < -0.39 is 0 Å². The fraction of sp³-hybridized carbons (Fsp3) is 0.500. The molecule has 0 saturated heterocycles. The fourth-order valence-electron chi connectivity index (χ4n) is 3.13. The zero-order chi connectivity index (χ0) is 16.9. The van der Waals surface area contributed by atoms with Crippen molar-refractivity contribution in [1.29, 1.82) is 0 Å². The highest BCUT2D eigenvalue weighted by molar-refractivity contribution is 7.99. The van der Waals surface area contributed by atoms with E-state index in [9.17, 15) is 4.79 Å². The van der Waals surface area contributed by atoms with Crippen LogP contribution in [-0.2, 0) is 4.79 Å². The standard InChI is InChI=1S/C18H23N3O2S/c1-12-7-6-10-15(13(12)2)19-16(22)11-24-18-21-20-17(23-18)14-8-4-3-5-9-14/h3-5,8-9,12-13,15H,6-7,10-11H2,1-2H3,(H,19,22)/t12-,13-,15+/m1/s1. The predicted octanol–water partition coefficient (Wildman–Crippen LogP) is 3.77. The van der Waals surface area contributed by atoms with Crippen LogP contribution >= 0.6 is 11.8 Å². The van der Waals surface area contributed by atoms with Gasteiger partial charge in [0, 0.05) is 11.6 Å². The van der Waals surface area contributed by atoms with E-state index in [2.05, 4.69) is 29.4 Å². The number of hydrogen-bond donors (Lipinski definition) is 1. The summed E-state index contributed by atoms with van der Waals surface area (Å²) in [6.45, 7) is 4.49. The fourth-order valence-corrected chi connectivity index (χ4v) is 3.70. The lowest BCUT2D eigenvalue weighted by molar-refractivity contribution is -0.120. The van der Waals surface area contributed by atoms with E-state index in [1.165, 1.54) is 24.6 Å². The van der Waals surface area contributed by atoms with Crippen LogP contribution in [0.25, 0.3) is 11.5 Å². The first kappa shape index (κ1) is 17.0. The molecule has 1 heterocycles. The van der Waals surface area contributed by atoms with Gasteiger partial charge in [0.25, 0.3) is 5.22 Å². The Morgan fingerprint density at radius 3 is 2.83 bits per heavy atom. The summed E-state index contributed by atoms with van der Waals surface area (Å²) in [4.78, 5) is 12.2. The molecule has 3 atom stereocenters. The summed E-state index contributed by atoms with van der Waals surface area (Å²) in [5.41, 5.74) is 0.881. The molecule has 5 nitrogen and oxygen atoms in total. The van der Waals surface area contributed by atoms with Crippen LogP contribution in [0.5, 0.6) is 0 Å². The molecule has 0 aliphatic heterocycles. The lowest BCUT2D eigenvalue weighted by atomic mass is 9.78. The van der Waals surface area contributed by atoms with Gasteiger partial charge in [-0.3, -0.25) is 4.79 Å². The molecular formula is C18H23N3O2S. The topological polar surface area (TPSA) is 68.0 Å². The molecule has 3 rings (SSSR count). The van der Waals surface area contributed by atoms with Crippen molar-refractivity contribution in [2.24, 2.45) is 11.8 Å². The van der Waals surface area contributed by atoms with Crippen LogP contribution in [-0.4, -0.2) is 27.9 Å². The number of aromatic nitrogens is 2. The molecule has 0 spiro atoms. The first-order valence-electron chi connectivity index (χ1n) is 8.44. The third kappa shape index (κ3) is 4.17. The lowest BCUT2D eigenvalue weighted by Crippen LogP contribution is -2.44. The first-order chi connectivity index (χ1) is 11.6. The highest BCUT2D eigenvalue weighted by Crippen LogP contribution is 2.29. The number of nitrogens with one attached hydrogen (secondary N) is 1. The van der Waals surface area contributed by atoms with Crippen molar-refractivity contribution in [1.82, 2.24) is 15.5 Å². The molecule has 128 valence electrons. The third-order valence-electron chi connectivity index (χ3n) is 4.81. The van der Waals surface area contributed by atoms with Crippen LogP contribution in [0, 0.1) is 11.8 Å². The van der Waals surface area contributed by atoms with Crippen LogP contribution in [0.3, 0.4) is 0 Å². The van der Waals surface area contributed by atoms with Crippen molar-refractivity contribution < 1.29 is 9.21 Å². The molecule has 0 radical (unpaired) electrons. The molecule has 24 heavy (non-hydrogen) atoms. The van der Waals surface area contributed by atoms with E-state index in [-0.39, 0.29) is 11.9 Å². The normalized spacial score (nSPS) is 23.8. The molecule has 0 bridgehead atoms. The molecule has 1 aliphatic rings. The number of carbonyl (C=O) groups is 1. The van der Waals surface area contributed by atoms with Gasteiger partial charge in [0.1, 0.15) is 0 Å². The Labute approximate surface area is 146 Å². The zero-order valence-electron chi connectivity index (χ0n) is 14.1. The van der Waals surface area contributed by atoms with E-state index in [0.717, 1.165) is 12.0 Å². The van der Waals surface area contributed by atoms with Crippen molar-refractivity contribution in [2.75, 3.05) is 5.75 Å². The predicted molar refractivity (Wildman–Crippen MR) is 94.6 cm³/mol. The number of rotatable bonds is 5. The SMILES string of the molecule is C[C@@H]1[C@H](C)CCC[C@@H]1NC(=O)CSc1nnc(-c2ccccc2)o1. The zero-order valence-corrected chi connectivity index (χ0v) is 14.9. The summed E-state index contributed by atoms with van der Waals surface area (Å²) in [6, 6.07) is 9.90. The average Bonchev–Trinajstić information content (AvgIpc) is 3.07. The van der Waals surface area contributed by atoms with Gasteiger partial charge in [-0.25, -0.2) is 0 Å². The van der Waals surface area contributed by atoms with Crippen molar-refractivity contribution in [2.45, 2.75) is 44.4 Å². The lowest BCUT2D eigenvalue weighted by Gasteiger charge is -2.34. The van der Waals surface area contributed by atoms with Crippen LogP contribution in [0.4, 0.5) is 0 Å². The third-order valence-corrected chi connectivity index (χ3v) is 5.63. The highest BCUT2D eigenvalue weighted by atomic mass is 32.2. The minimum Gasteiger partial charge on any atom is -0.411 e. The number of amides is 1. The van der Waals surface area contributed by atoms with Crippen molar-refractivity contribution in [3.05, 3.63) is 30.3 Å². The van der Waals surface area contributed by atoms with E-state index in [4.69, 9.17) is 4.42 Å². The molecule has 1 N–H and O–H groups in total. The van der Waals surface area contributed by atoms with Gasteiger partial charge in [0.15, 0.2) is 0 Å². The molecular weight excluding hydrogens is 322 g/mol. The first-order valence-corrected chi connectivity index (χ1v) is 9.43. The maximum atomic E-state index is 12.2. The molecule has 6 heteroatoms. The smallest absolute Gasteiger partial charge is 0.277 e. The highest BCUT2D eigenvalue weighted by Gasteiger charge is 2.28. The molecule has 1 aliphatic carbocycles. The Morgan fingerprint density at radius 1 is 1.25 bits per heavy atom. The summed E-state index contributed by atoms with van der Waals surface area (Å²) in [5.74, 6) is 2.01. The molecule has 1 saturated carbocycles. The summed E-state index contributed by atoms with van der Waals surface area (Å²) in [6.07, 6.45) is 3.51. The van der Waals surface area contributed by atoms with Crippen LogP contribution in [0.1, 0.15) is 33.1 Å². The summed E-state index contributed by atoms with van der Waals surface area (Å²) in [5, 5.41) is 11.6. The van der Waals surface area contributed by atoms with Gasteiger partial charge < -0.3 is 9.73 Å². The summed E-state index contributed by atoms with van der Waals surface area (Å²) < 4.78 is 5.61. The summed E-state index contributed by atoms with van der Waals surface area (Å²) in [7, 11) is 0. The van der Waals surface area contributed by atoms with Crippen molar-refractivity contribution in [3.63, 3.8) is 0 Å². The monoisotopic (exact) mass is 345 g/mol. The largest absolute Gasteiger partial charge is 0.411 e. The Balaban J connectivity index is 1.51. The number of thioether (sulfide) groups is 1. The van der Waals surface area contributed by atoms with Gasteiger partial charge in [-0.05, 0) is 30.4 Å². The molecule has 1 fully saturated rings. The average molecular weight is 345 g/mol. The van der Waals surface area contributed by atoms with Crippen LogP contribution in [0.15, 0.2) is 40.0 Å². The summed E-state index contributed by atoms with van der Waals surface area (Å²) >= 11 is 1.28. The van der Waals surface area contributed by atoms with Gasteiger partial charge in [0.05, 0.1) is 5.75 Å². The molecule has 1 amide bonds. The minimum atomic E-state index is 0.0328. The molecule has 0 unspecified atom stereocenters. The van der Waals surface area contributed by atoms with Crippen LogP contribution in [0.2, 0.25) is 0 Å². The molecule has 1 aromatic carbocycles. The Bertz CT molecular complexity index is 674. The number of benzene rings is 1. The van der Waals surface area contributed by atoms with Gasteiger partial charge >= 0.3 is 0 Å². The Kier molecular flexibility index (Phi) is 5.56. The van der Waals surface area contributed by atoms with Crippen LogP contribution < -0.4 is 5.32 Å². The molecule has 2 aromatic rings. The van der Waals surface area contributed by atoms with Gasteiger partial charge in [0.2, 0.25) is 11.8 Å². The van der Waals surface area contributed by atoms with Gasteiger partial charge in [-0.15, -0.1) is 10.2 Å². The Morgan fingerprint density at radius 2 is 2.04 bits per heavy atom. The number of nitrogens with zero attached hydrogens (tertiary/aromatic N) is 2. The minimum absolute atomic E-state index is 0.0328. The second-order valence-corrected chi connectivity index (χ2v) is 7.40. The quantitative estimate of drug-likeness (QED) is 0.836. The molecule has 1 aromatic heterocycles.